The number of aryl methyl sites for hydroxylation is 2. The number of benzene rings is 2. The average Bonchev–Trinajstić information content (AvgIpc) is 2.35. The molecule has 18 heavy (non-hydrogen) atoms. The van der Waals surface area contributed by atoms with Gasteiger partial charge in [-0.25, -0.2) is 9.78 Å². The van der Waals surface area contributed by atoms with E-state index < -0.39 is 0 Å². The van der Waals surface area contributed by atoms with E-state index in [4.69, 9.17) is 9.78 Å². The van der Waals surface area contributed by atoms with E-state index in [0.29, 0.717) is 13.2 Å². The fraction of sp³-hybridized carbons (Fsp3) is 0.250. The monoisotopic (exact) mass is 242 g/mol. The maximum absolute atomic E-state index is 5.22. The minimum atomic E-state index is 0.480. The Bertz CT molecular complexity index is 458. The Morgan fingerprint density at radius 3 is 1.56 bits per heavy atom. The van der Waals surface area contributed by atoms with Gasteiger partial charge in [0.1, 0.15) is 13.2 Å². The minimum Gasteiger partial charge on any atom is -0.232 e. The highest BCUT2D eigenvalue weighted by molar-refractivity contribution is 5.22. The third kappa shape index (κ3) is 3.99. The van der Waals surface area contributed by atoms with Crippen molar-refractivity contribution in [2.24, 2.45) is 0 Å². The highest BCUT2D eigenvalue weighted by atomic mass is 17.2. The van der Waals surface area contributed by atoms with Crippen LogP contribution in [0.3, 0.4) is 0 Å². The Labute approximate surface area is 108 Å². The van der Waals surface area contributed by atoms with Crippen LogP contribution >= 0.6 is 0 Å². The van der Waals surface area contributed by atoms with Gasteiger partial charge in [-0.15, -0.1) is 0 Å². The fourth-order valence-corrected chi connectivity index (χ4v) is 1.82. The molecule has 2 rings (SSSR count). The topological polar surface area (TPSA) is 18.5 Å². The molecule has 0 heterocycles. The van der Waals surface area contributed by atoms with Crippen molar-refractivity contribution in [2.45, 2.75) is 27.1 Å². The quantitative estimate of drug-likeness (QED) is 0.449. The Morgan fingerprint density at radius 2 is 1.17 bits per heavy atom. The van der Waals surface area contributed by atoms with Crippen LogP contribution in [0.15, 0.2) is 48.5 Å². The van der Waals surface area contributed by atoms with Crippen LogP contribution in [-0.4, -0.2) is 0 Å². The molecule has 0 spiro atoms. The summed E-state index contributed by atoms with van der Waals surface area (Å²) in [5.74, 6) is 0. The van der Waals surface area contributed by atoms with E-state index in [1.807, 2.05) is 24.3 Å². The largest absolute Gasteiger partial charge is 0.232 e. The minimum absolute atomic E-state index is 0.480. The van der Waals surface area contributed by atoms with Gasteiger partial charge in [0.05, 0.1) is 0 Å². The third-order valence-electron chi connectivity index (χ3n) is 2.70. The second kappa shape index (κ2) is 6.34. The lowest BCUT2D eigenvalue weighted by atomic mass is 10.1. The van der Waals surface area contributed by atoms with Crippen LogP contribution in [0.1, 0.15) is 22.3 Å². The molecule has 0 aromatic heterocycles. The van der Waals surface area contributed by atoms with Gasteiger partial charge in [0, 0.05) is 0 Å². The number of rotatable bonds is 5. The summed E-state index contributed by atoms with van der Waals surface area (Å²) >= 11 is 0. The van der Waals surface area contributed by atoms with Crippen molar-refractivity contribution < 1.29 is 9.78 Å². The second-order valence-electron chi connectivity index (χ2n) is 4.50. The van der Waals surface area contributed by atoms with Gasteiger partial charge in [0.15, 0.2) is 0 Å². The van der Waals surface area contributed by atoms with E-state index in [0.717, 1.165) is 11.1 Å². The predicted molar refractivity (Wildman–Crippen MR) is 71.9 cm³/mol. The van der Waals surface area contributed by atoms with E-state index in [1.165, 1.54) is 11.1 Å². The van der Waals surface area contributed by atoms with Gasteiger partial charge in [-0.3, -0.25) is 0 Å². The standard InChI is InChI=1S/C16H18O2/c1-13-5-3-7-15(9-13)11-17-18-12-16-8-4-6-14(2)10-16/h3-10H,11-12H2,1-2H3. The summed E-state index contributed by atoms with van der Waals surface area (Å²) in [5.41, 5.74) is 4.71. The zero-order valence-corrected chi connectivity index (χ0v) is 10.8. The zero-order valence-electron chi connectivity index (χ0n) is 10.8. The molecule has 0 amide bonds. The van der Waals surface area contributed by atoms with Crippen LogP contribution in [0.4, 0.5) is 0 Å². The summed E-state index contributed by atoms with van der Waals surface area (Å²) in [7, 11) is 0. The Balaban J connectivity index is 1.76. The SMILES string of the molecule is Cc1cccc(COOCc2cccc(C)c2)c1. The molecule has 2 aromatic carbocycles. The first-order chi connectivity index (χ1) is 8.74. The Hall–Kier alpha value is -1.64. The Morgan fingerprint density at radius 1 is 0.722 bits per heavy atom. The van der Waals surface area contributed by atoms with Crippen LogP contribution in [0.5, 0.6) is 0 Å². The van der Waals surface area contributed by atoms with Gasteiger partial charge in [0.25, 0.3) is 0 Å². The molecule has 0 atom stereocenters. The van der Waals surface area contributed by atoms with Gasteiger partial charge in [-0.05, 0) is 25.0 Å². The zero-order chi connectivity index (χ0) is 12.8. The molecule has 0 radical (unpaired) electrons. The summed E-state index contributed by atoms with van der Waals surface area (Å²) in [6, 6.07) is 16.4. The van der Waals surface area contributed by atoms with E-state index >= 15 is 0 Å². The smallest absolute Gasteiger partial charge is 0.107 e. The fourth-order valence-electron chi connectivity index (χ4n) is 1.82. The van der Waals surface area contributed by atoms with Crippen molar-refractivity contribution in [1.29, 1.82) is 0 Å². The van der Waals surface area contributed by atoms with Crippen molar-refractivity contribution in [2.75, 3.05) is 0 Å². The van der Waals surface area contributed by atoms with Crippen molar-refractivity contribution in [3.05, 3.63) is 70.8 Å². The predicted octanol–water partition coefficient (Wildman–Crippen LogP) is 3.95. The third-order valence-corrected chi connectivity index (χ3v) is 2.70. The van der Waals surface area contributed by atoms with Crippen LogP contribution in [0.25, 0.3) is 0 Å². The lowest BCUT2D eigenvalue weighted by Gasteiger charge is -2.05. The number of hydrogen-bond acceptors (Lipinski definition) is 2. The van der Waals surface area contributed by atoms with Crippen molar-refractivity contribution in [1.82, 2.24) is 0 Å². The average molecular weight is 242 g/mol. The van der Waals surface area contributed by atoms with Gasteiger partial charge in [-0.2, -0.15) is 0 Å². The van der Waals surface area contributed by atoms with Gasteiger partial charge in [-0.1, -0.05) is 59.7 Å². The van der Waals surface area contributed by atoms with Gasteiger partial charge >= 0.3 is 0 Å². The molecule has 2 heteroatoms. The first-order valence-electron chi connectivity index (χ1n) is 6.09. The highest BCUT2D eigenvalue weighted by Crippen LogP contribution is 2.08. The van der Waals surface area contributed by atoms with Crippen LogP contribution in [0, 0.1) is 13.8 Å². The molecule has 0 fully saturated rings. The molecule has 0 saturated heterocycles. The van der Waals surface area contributed by atoms with E-state index in [2.05, 4.69) is 38.1 Å². The first kappa shape index (κ1) is 12.8. The lowest BCUT2D eigenvalue weighted by Crippen LogP contribution is -1.96. The van der Waals surface area contributed by atoms with Crippen LogP contribution in [0.2, 0.25) is 0 Å². The molecule has 0 N–H and O–H groups in total. The molecule has 0 bridgehead atoms. The van der Waals surface area contributed by atoms with Gasteiger partial charge in [0.2, 0.25) is 0 Å². The van der Waals surface area contributed by atoms with Crippen LogP contribution in [-0.2, 0) is 23.0 Å². The summed E-state index contributed by atoms with van der Waals surface area (Å²) in [4.78, 5) is 10.4. The van der Waals surface area contributed by atoms with Crippen molar-refractivity contribution in [3.63, 3.8) is 0 Å². The van der Waals surface area contributed by atoms with E-state index in [1.54, 1.807) is 0 Å². The molecule has 0 aliphatic carbocycles. The van der Waals surface area contributed by atoms with E-state index in [9.17, 15) is 0 Å². The van der Waals surface area contributed by atoms with Gasteiger partial charge < -0.3 is 0 Å². The molecule has 0 saturated carbocycles. The van der Waals surface area contributed by atoms with E-state index in [-0.39, 0.29) is 0 Å². The maximum Gasteiger partial charge on any atom is 0.107 e. The molecule has 2 aromatic rings. The van der Waals surface area contributed by atoms with Crippen LogP contribution < -0.4 is 0 Å². The molecule has 2 nitrogen and oxygen atoms in total. The van der Waals surface area contributed by atoms with Crippen molar-refractivity contribution >= 4 is 0 Å². The molecular formula is C16H18O2. The normalized spacial score (nSPS) is 10.6. The maximum atomic E-state index is 5.22. The lowest BCUT2D eigenvalue weighted by molar-refractivity contribution is -0.313. The highest BCUT2D eigenvalue weighted by Gasteiger charge is 1.96. The second-order valence-corrected chi connectivity index (χ2v) is 4.50. The van der Waals surface area contributed by atoms with Crippen molar-refractivity contribution in [3.8, 4) is 0 Å². The molecule has 0 aliphatic heterocycles. The Kier molecular flexibility index (Phi) is 4.51. The summed E-state index contributed by atoms with van der Waals surface area (Å²) in [6.07, 6.45) is 0. The summed E-state index contributed by atoms with van der Waals surface area (Å²) in [5, 5.41) is 0. The number of hydrogen-bond donors (Lipinski definition) is 0. The molecule has 0 unspecified atom stereocenters. The molecule has 94 valence electrons. The molecule has 0 aliphatic rings. The first-order valence-corrected chi connectivity index (χ1v) is 6.09. The summed E-state index contributed by atoms with van der Waals surface area (Å²) < 4.78 is 0. The summed E-state index contributed by atoms with van der Waals surface area (Å²) in [6.45, 7) is 5.09. The molecular weight excluding hydrogens is 224 g/mol.